The summed E-state index contributed by atoms with van der Waals surface area (Å²) in [7, 11) is -2.67. The molecule has 192 valence electrons. The first kappa shape index (κ1) is 25.0. The zero-order valence-corrected chi connectivity index (χ0v) is 23.4. The third kappa shape index (κ3) is 4.27. The minimum atomic E-state index is -4.09. The van der Waals surface area contributed by atoms with Gasteiger partial charge in [-0.05, 0) is 61.4 Å². The number of Topliss-reactive ketones (excluding diaryl/α,β-unsaturated/α-hetero) is 1. The van der Waals surface area contributed by atoms with Crippen LogP contribution in [-0.2, 0) is 16.4 Å². The molecular weight excluding hydrogens is 562 g/mol. The molecule has 38 heavy (non-hydrogen) atoms. The second kappa shape index (κ2) is 9.46. The molecule has 1 aliphatic heterocycles. The van der Waals surface area contributed by atoms with Gasteiger partial charge in [-0.1, -0.05) is 11.6 Å². The van der Waals surface area contributed by atoms with Crippen molar-refractivity contribution in [2.24, 2.45) is 0 Å². The number of pyridine rings is 2. The predicted octanol–water partition coefficient (Wildman–Crippen LogP) is 6.99. The first-order chi connectivity index (χ1) is 18.2. The molecule has 7 nitrogen and oxygen atoms in total. The van der Waals surface area contributed by atoms with Gasteiger partial charge in [-0.25, -0.2) is 13.4 Å². The fourth-order valence-corrected chi connectivity index (χ4v) is 8.18. The highest BCUT2D eigenvalue weighted by atomic mass is 35.5. The molecule has 1 N–H and O–H groups in total. The van der Waals surface area contributed by atoms with E-state index in [9.17, 15) is 13.2 Å². The molecule has 0 aliphatic carbocycles. The molecule has 0 radical (unpaired) electrons. The lowest BCUT2D eigenvalue weighted by atomic mass is 10.1. The number of hydrogen-bond donors (Lipinski definition) is 1. The van der Waals surface area contributed by atoms with Crippen LogP contribution in [0, 0.1) is 6.92 Å². The minimum Gasteiger partial charge on any atom is -0.480 e. The number of carbonyl (C=O) groups excluding carboxylic acids is 1. The molecule has 1 aliphatic rings. The number of halogens is 1. The lowest BCUT2D eigenvalue weighted by molar-refractivity contribution is 0.0983. The molecule has 0 unspecified atom stereocenters. The molecule has 0 saturated carbocycles. The van der Waals surface area contributed by atoms with E-state index in [2.05, 4.69) is 20.8 Å². The van der Waals surface area contributed by atoms with Crippen LogP contribution in [0.3, 0.4) is 0 Å². The van der Waals surface area contributed by atoms with Crippen LogP contribution in [0.5, 0.6) is 5.88 Å². The van der Waals surface area contributed by atoms with E-state index >= 15 is 0 Å². The number of thiophene rings is 2. The van der Waals surface area contributed by atoms with Crippen LogP contribution in [0.2, 0.25) is 5.02 Å². The summed E-state index contributed by atoms with van der Waals surface area (Å²) in [6.45, 7) is 2.00. The van der Waals surface area contributed by atoms with Crippen molar-refractivity contribution < 1.29 is 17.9 Å². The van der Waals surface area contributed by atoms with Crippen molar-refractivity contribution in [1.29, 1.82) is 0 Å². The van der Waals surface area contributed by atoms with Crippen molar-refractivity contribution in [2.45, 2.75) is 24.7 Å². The van der Waals surface area contributed by atoms with Crippen molar-refractivity contribution in [3.8, 4) is 26.8 Å². The van der Waals surface area contributed by atoms with Crippen LogP contribution in [0.1, 0.15) is 27.2 Å². The Labute approximate surface area is 232 Å². The molecule has 5 aromatic rings. The predicted molar refractivity (Wildman–Crippen MR) is 152 cm³/mol. The lowest BCUT2D eigenvalue weighted by Gasteiger charge is -2.13. The number of carbonyl (C=O) groups is 1. The number of ketones is 1. The maximum Gasteiger partial charge on any atom is 0.262 e. The molecule has 0 fully saturated rings. The third-order valence-electron chi connectivity index (χ3n) is 6.43. The standard InChI is InChI=1S/C27H20ClN3O4S3/c1-14-24-26-18(9-10-29-24)23-8-4-16(36-23)3-7-22(32)19-12-17(5-6-20(19)28)38(33,34)31-21-11-15(25(14)37-26)13-30-27(21)35-2/h4-6,8-13,31H,3,7H2,1-2H3. The van der Waals surface area contributed by atoms with Gasteiger partial charge in [0.1, 0.15) is 5.69 Å². The SMILES string of the molecule is COc1ncc2cc1NS(=O)(=O)c1ccc(Cl)c(c1)C(=O)CCc1ccc(s1)-c1ccnc3c(C)c-2sc13. The number of nitrogens with one attached hydrogen (secondary N) is 1. The fourth-order valence-electron chi connectivity index (χ4n) is 4.50. The molecule has 0 amide bonds. The average molecular weight is 582 g/mol. The zero-order chi connectivity index (χ0) is 26.6. The van der Waals surface area contributed by atoms with Gasteiger partial charge >= 0.3 is 0 Å². The van der Waals surface area contributed by atoms with E-state index in [0.29, 0.717) is 6.42 Å². The molecule has 0 atom stereocenters. The number of methoxy groups -OCH3 is 1. The van der Waals surface area contributed by atoms with E-state index in [0.717, 1.165) is 41.5 Å². The molecule has 4 aromatic heterocycles. The molecule has 0 spiro atoms. The van der Waals surface area contributed by atoms with E-state index in [4.69, 9.17) is 16.3 Å². The van der Waals surface area contributed by atoms with Crippen molar-refractivity contribution in [2.75, 3.05) is 11.8 Å². The summed E-state index contributed by atoms with van der Waals surface area (Å²) >= 11 is 9.54. The number of aryl methyl sites for hydroxylation is 2. The lowest BCUT2D eigenvalue weighted by Crippen LogP contribution is -2.15. The first-order valence-electron chi connectivity index (χ1n) is 11.6. The first-order valence-corrected chi connectivity index (χ1v) is 15.1. The van der Waals surface area contributed by atoms with Crippen LogP contribution >= 0.6 is 34.3 Å². The molecule has 6 rings (SSSR count). The summed E-state index contributed by atoms with van der Waals surface area (Å²) in [5.74, 6) is -0.102. The summed E-state index contributed by atoms with van der Waals surface area (Å²) in [5, 5.41) is 0.207. The number of sulfonamides is 1. The number of nitrogens with zero attached hydrogens (tertiary/aromatic N) is 2. The van der Waals surface area contributed by atoms with Crippen LogP contribution in [-0.4, -0.2) is 31.3 Å². The Morgan fingerprint density at radius 3 is 2.68 bits per heavy atom. The second-order valence-electron chi connectivity index (χ2n) is 8.81. The van der Waals surface area contributed by atoms with Crippen molar-refractivity contribution >= 4 is 66.0 Å². The highest BCUT2D eigenvalue weighted by Gasteiger charge is 2.23. The minimum absolute atomic E-state index is 0.0795. The number of aromatic nitrogens is 2. The van der Waals surface area contributed by atoms with Crippen LogP contribution < -0.4 is 9.46 Å². The Morgan fingerprint density at radius 1 is 1.03 bits per heavy atom. The summed E-state index contributed by atoms with van der Waals surface area (Å²) in [4.78, 5) is 25.1. The van der Waals surface area contributed by atoms with E-state index in [1.165, 1.54) is 25.3 Å². The van der Waals surface area contributed by atoms with E-state index in [1.54, 1.807) is 41.1 Å². The van der Waals surface area contributed by atoms with Crippen molar-refractivity contribution in [1.82, 2.24) is 9.97 Å². The summed E-state index contributed by atoms with van der Waals surface area (Å²) in [6.07, 6.45) is 4.18. The molecule has 8 bridgehead atoms. The maximum atomic E-state index is 13.4. The molecular formula is C27H20ClN3O4S3. The van der Waals surface area contributed by atoms with E-state index in [1.807, 2.05) is 19.1 Å². The molecule has 1 aromatic carbocycles. The maximum absolute atomic E-state index is 13.4. The summed E-state index contributed by atoms with van der Waals surface area (Å²) in [6, 6.07) is 11.9. The topological polar surface area (TPSA) is 98.2 Å². The number of fused-ring (bicyclic) bond motifs is 9. The number of rotatable bonds is 1. The average Bonchev–Trinajstić information content (AvgIpc) is 3.51. The Hall–Kier alpha value is -3.31. The zero-order valence-electron chi connectivity index (χ0n) is 20.2. The largest absolute Gasteiger partial charge is 0.480 e. The molecule has 0 saturated heterocycles. The van der Waals surface area contributed by atoms with E-state index < -0.39 is 10.0 Å². The van der Waals surface area contributed by atoms with Gasteiger partial charge in [-0.15, -0.1) is 22.7 Å². The number of anilines is 1. The molecule has 5 heterocycles. The normalized spacial score (nSPS) is 14.7. The van der Waals surface area contributed by atoms with Gasteiger partial charge in [0.2, 0.25) is 5.88 Å². The van der Waals surface area contributed by atoms with Crippen LogP contribution in [0.25, 0.3) is 31.1 Å². The Balaban J connectivity index is 1.60. The highest BCUT2D eigenvalue weighted by molar-refractivity contribution is 7.92. The van der Waals surface area contributed by atoms with Gasteiger partial charge in [0, 0.05) is 50.1 Å². The quantitative estimate of drug-likeness (QED) is 0.229. The van der Waals surface area contributed by atoms with Crippen LogP contribution in [0.4, 0.5) is 5.69 Å². The second-order valence-corrected chi connectivity index (χ2v) is 13.1. The Morgan fingerprint density at radius 2 is 1.87 bits per heavy atom. The van der Waals surface area contributed by atoms with Crippen LogP contribution in [0.15, 0.2) is 59.8 Å². The number of ether oxygens (including phenoxy) is 1. The summed E-state index contributed by atoms with van der Waals surface area (Å²) in [5.41, 5.74) is 4.01. The molecule has 11 heteroatoms. The van der Waals surface area contributed by atoms with Gasteiger partial charge in [-0.3, -0.25) is 14.5 Å². The third-order valence-corrected chi connectivity index (χ3v) is 10.7. The van der Waals surface area contributed by atoms with Gasteiger partial charge in [0.15, 0.2) is 5.78 Å². The van der Waals surface area contributed by atoms with Gasteiger partial charge in [0.25, 0.3) is 10.0 Å². The number of hydrogen-bond acceptors (Lipinski definition) is 8. The van der Waals surface area contributed by atoms with Crippen molar-refractivity contribution in [3.05, 3.63) is 75.9 Å². The van der Waals surface area contributed by atoms with E-state index in [-0.39, 0.29) is 39.3 Å². The number of benzene rings is 1. The van der Waals surface area contributed by atoms with Gasteiger partial charge < -0.3 is 4.74 Å². The smallest absolute Gasteiger partial charge is 0.262 e. The Kier molecular flexibility index (Phi) is 6.22. The van der Waals surface area contributed by atoms with Crippen molar-refractivity contribution in [3.63, 3.8) is 0 Å². The highest BCUT2D eigenvalue weighted by Crippen LogP contribution is 2.44. The Bertz CT molecular complexity index is 1860. The summed E-state index contributed by atoms with van der Waals surface area (Å²) < 4.78 is 35.8. The van der Waals surface area contributed by atoms with Gasteiger partial charge in [-0.2, -0.15) is 0 Å². The fraction of sp³-hybridized carbons (Fsp3) is 0.148. The monoisotopic (exact) mass is 581 g/mol. The van der Waals surface area contributed by atoms with Gasteiger partial charge in [0.05, 0.1) is 27.2 Å².